The van der Waals surface area contributed by atoms with Crippen molar-refractivity contribution < 1.29 is 9.59 Å². The van der Waals surface area contributed by atoms with Crippen molar-refractivity contribution in [2.75, 3.05) is 5.32 Å². The number of carbonyl (C=O) groups excluding carboxylic acids is 2. The summed E-state index contributed by atoms with van der Waals surface area (Å²) in [6.07, 6.45) is 1.74. The minimum absolute atomic E-state index is 0.0191. The van der Waals surface area contributed by atoms with Gasteiger partial charge >= 0.3 is 0 Å². The number of hydrogen-bond acceptors (Lipinski definition) is 2. The van der Waals surface area contributed by atoms with Gasteiger partial charge in [-0.2, -0.15) is 0 Å². The average Bonchev–Trinajstić information content (AvgIpc) is 2.74. The van der Waals surface area contributed by atoms with Gasteiger partial charge in [0.15, 0.2) is 0 Å². The zero-order chi connectivity index (χ0) is 19.8. The Bertz CT molecular complexity index is 924. The molecule has 0 aliphatic heterocycles. The Morgan fingerprint density at radius 2 is 1.39 bits per heavy atom. The zero-order valence-corrected chi connectivity index (χ0v) is 15.9. The molecule has 3 rings (SSSR count). The fourth-order valence-electron chi connectivity index (χ4n) is 2.98. The molecule has 0 fully saturated rings. The van der Waals surface area contributed by atoms with E-state index in [-0.39, 0.29) is 17.9 Å². The van der Waals surface area contributed by atoms with Crippen LogP contribution in [-0.4, -0.2) is 17.9 Å². The van der Waals surface area contributed by atoms with E-state index in [1.54, 1.807) is 36.4 Å². The van der Waals surface area contributed by atoms with Crippen molar-refractivity contribution in [2.45, 2.75) is 25.8 Å². The van der Waals surface area contributed by atoms with Crippen molar-refractivity contribution >= 4 is 17.5 Å². The van der Waals surface area contributed by atoms with E-state index in [0.717, 1.165) is 12.8 Å². The molecule has 0 saturated carbocycles. The second-order valence-corrected chi connectivity index (χ2v) is 6.76. The predicted molar refractivity (Wildman–Crippen MR) is 113 cm³/mol. The lowest BCUT2D eigenvalue weighted by Gasteiger charge is -2.16. The normalized spacial score (nSPS) is 11.5. The predicted octanol–water partition coefficient (Wildman–Crippen LogP) is 4.69. The van der Waals surface area contributed by atoms with Crippen LogP contribution in [0.15, 0.2) is 84.9 Å². The van der Waals surface area contributed by atoms with Gasteiger partial charge in [-0.05, 0) is 49.6 Å². The number of anilines is 1. The first-order chi connectivity index (χ1) is 13.6. The number of hydrogen-bond donors (Lipinski definition) is 2. The van der Waals surface area contributed by atoms with Crippen LogP contribution in [0.4, 0.5) is 5.69 Å². The van der Waals surface area contributed by atoms with Gasteiger partial charge in [-0.1, -0.05) is 60.7 Å². The van der Waals surface area contributed by atoms with Crippen LogP contribution in [0.5, 0.6) is 0 Å². The number of aryl methyl sites for hydroxylation is 1. The summed E-state index contributed by atoms with van der Waals surface area (Å²) in [6.45, 7) is 1.99. The summed E-state index contributed by atoms with van der Waals surface area (Å²) in [5.41, 5.74) is 2.76. The largest absolute Gasteiger partial charge is 0.350 e. The lowest BCUT2D eigenvalue weighted by atomic mass is 10.1. The summed E-state index contributed by atoms with van der Waals surface area (Å²) >= 11 is 0. The van der Waals surface area contributed by atoms with Crippen LogP contribution in [0.1, 0.15) is 39.6 Å². The lowest BCUT2D eigenvalue weighted by molar-refractivity contribution is 0.0939. The number of nitrogens with one attached hydrogen (secondary N) is 2. The SMILES string of the molecule is CC(CCc1ccccc1)NC(=O)c1ccccc1NC(=O)c1ccccc1. The fourth-order valence-corrected chi connectivity index (χ4v) is 2.98. The van der Waals surface area contributed by atoms with Crippen LogP contribution in [0.2, 0.25) is 0 Å². The minimum Gasteiger partial charge on any atom is -0.350 e. The molecule has 1 atom stereocenters. The van der Waals surface area contributed by atoms with E-state index in [1.165, 1.54) is 5.56 Å². The molecule has 4 nitrogen and oxygen atoms in total. The van der Waals surface area contributed by atoms with Crippen LogP contribution in [-0.2, 0) is 6.42 Å². The van der Waals surface area contributed by atoms with Crippen molar-refractivity contribution in [3.05, 3.63) is 102 Å². The van der Waals surface area contributed by atoms with Crippen LogP contribution in [0, 0.1) is 0 Å². The molecule has 0 spiro atoms. The molecule has 1 unspecified atom stereocenters. The topological polar surface area (TPSA) is 58.2 Å². The summed E-state index contributed by atoms with van der Waals surface area (Å²) < 4.78 is 0. The quantitative estimate of drug-likeness (QED) is 0.632. The van der Waals surface area contributed by atoms with E-state index in [9.17, 15) is 9.59 Å². The number of para-hydroxylation sites is 1. The maximum Gasteiger partial charge on any atom is 0.255 e. The van der Waals surface area contributed by atoms with Gasteiger partial charge in [0, 0.05) is 11.6 Å². The molecular formula is C24H24N2O2. The fraction of sp³-hybridized carbons (Fsp3) is 0.167. The molecule has 0 aliphatic rings. The number of amides is 2. The minimum atomic E-state index is -0.238. The molecule has 142 valence electrons. The van der Waals surface area contributed by atoms with Crippen LogP contribution < -0.4 is 10.6 Å². The number of rotatable bonds is 7. The molecule has 0 bridgehead atoms. The highest BCUT2D eigenvalue weighted by Crippen LogP contribution is 2.17. The van der Waals surface area contributed by atoms with E-state index in [4.69, 9.17) is 0 Å². The molecule has 3 aromatic carbocycles. The Morgan fingerprint density at radius 1 is 0.786 bits per heavy atom. The third-order valence-electron chi connectivity index (χ3n) is 4.54. The molecule has 0 aromatic heterocycles. The Labute approximate surface area is 165 Å². The highest BCUT2D eigenvalue weighted by atomic mass is 16.2. The van der Waals surface area contributed by atoms with Crippen LogP contribution in [0.25, 0.3) is 0 Å². The average molecular weight is 372 g/mol. The molecular weight excluding hydrogens is 348 g/mol. The molecule has 0 heterocycles. The highest BCUT2D eigenvalue weighted by molar-refractivity contribution is 6.09. The van der Waals surface area contributed by atoms with Crippen molar-refractivity contribution in [2.24, 2.45) is 0 Å². The maximum absolute atomic E-state index is 12.7. The molecule has 2 amide bonds. The molecule has 2 N–H and O–H groups in total. The van der Waals surface area contributed by atoms with Crippen molar-refractivity contribution in [1.82, 2.24) is 5.32 Å². The summed E-state index contributed by atoms with van der Waals surface area (Å²) in [5, 5.41) is 5.87. The number of benzene rings is 3. The second kappa shape index (κ2) is 9.51. The Balaban J connectivity index is 1.63. The molecule has 0 radical (unpaired) electrons. The van der Waals surface area contributed by atoms with Crippen molar-refractivity contribution in [1.29, 1.82) is 0 Å². The summed E-state index contributed by atoms with van der Waals surface area (Å²) in [5.74, 6) is -0.428. The molecule has 0 aliphatic carbocycles. The van der Waals surface area contributed by atoms with Gasteiger partial charge in [-0.3, -0.25) is 9.59 Å². The maximum atomic E-state index is 12.7. The van der Waals surface area contributed by atoms with Gasteiger partial charge in [0.2, 0.25) is 0 Å². The van der Waals surface area contributed by atoms with Gasteiger partial charge in [0.1, 0.15) is 0 Å². The van der Waals surface area contributed by atoms with E-state index >= 15 is 0 Å². The van der Waals surface area contributed by atoms with Crippen LogP contribution in [0.3, 0.4) is 0 Å². The third kappa shape index (κ3) is 5.30. The van der Waals surface area contributed by atoms with Gasteiger partial charge in [-0.25, -0.2) is 0 Å². The van der Waals surface area contributed by atoms with E-state index in [2.05, 4.69) is 22.8 Å². The molecule has 0 saturated heterocycles. The van der Waals surface area contributed by atoms with E-state index in [1.807, 2.05) is 43.3 Å². The first-order valence-corrected chi connectivity index (χ1v) is 9.43. The van der Waals surface area contributed by atoms with Crippen molar-refractivity contribution in [3.63, 3.8) is 0 Å². The van der Waals surface area contributed by atoms with Crippen molar-refractivity contribution in [3.8, 4) is 0 Å². The Morgan fingerprint density at radius 3 is 2.11 bits per heavy atom. The zero-order valence-electron chi connectivity index (χ0n) is 15.9. The summed E-state index contributed by atoms with van der Waals surface area (Å²) in [6, 6.07) is 26.2. The second-order valence-electron chi connectivity index (χ2n) is 6.76. The lowest BCUT2D eigenvalue weighted by Crippen LogP contribution is -2.33. The van der Waals surface area contributed by atoms with Gasteiger partial charge in [0.05, 0.1) is 11.3 Å². The molecule has 3 aromatic rings. The summed E-state index contributed by atoms with van der Waals surface area (Å²) in [7, 11) is 0. The highest BCUT2D eigenvalue weighted by Gasteiger charge is 2.15. The monoisotopic (exact) mass is 372 g/mol. The number of carbonyl (C=O) groups is 2. The van der Waals surface area contributed by atoms with Gasteiger partial charge in [-0.15, -0.1) is 0 Å². The first kappa shape index (κ1) is 19.4. The Kier molecular flexibility index (Phi) is 6.58. The standard InChI is InChI=1S/C24H24N2O2/c1-18(16-17-19-10-4-2-5-11-19)25-24(28)21-14-8-9-15-22(21)26-23(27)20-12-6-3-7-13-20/h2-15,18H,16-17H2,1H3,(H,25,28)(H,26,27). The molecule has 28 heavy (non-hydrogen) atoms. The van der Waals surface area contributed by atoms with E-state index < -0.39 is 0 Å². The van der Waals surface area contributed by atoms with Gasteiger partial charge in [0.25, 0.3) is 11.8 Å². The Hall–Kier alpha value is -3.40. The van der Waals surface area contributed by atoms with E-state index in [0.29, 0.717) is 16.8 Å². The van der Waals surface area contributed by atoms with Gasteiger partial charge < -0.3 is 10.6 Å². The third-order valence-corrected chi connectivity index (χ3v) is 4.54. The smallest absolute Gasteiger partial charge is 0.255 e. The first-order valence-electron chi connectivity index (χ1n) is 9.43. The summed E-state index contributed by atoms with van der Waals surface area (Å²) in [4.78, 5) is 25.2. The van der Waals surface area contributed by atoms with Crippen LogP contribution >= 0.6 is 0 Å². The molecule has 4 heteroatoms.